The third-order valence-corrected chi connectivity index (χ3v) is 3.05. The minimum absolute atomic E-state index is 0.475. The van der Waals surface area contributed by atoms with E-state index in [0.717, 1.165) is 10.0 Å². The van der Waals surface area contributed by atoms with Gasteiger partial charge in [0.2, 0.25) is 0 Å². The topological polar surface area (TPSA) is 29.5 Å². The number of benzene rings is 1. The normalized spacial score (nSPS) is 20.7. The lowest BCUT2D eigenvalue weighted by Crippen LogP contribution is -2.14. The second-order valence-corrected chi connectivity index (χ2v) is 4.19. The van der Waals surface area contributed by atoms with Crippen molar-refractivity contribution in [1.82, 2.24) is 0 Å². The van der Waals surface area contributed by atoms with Crippen LogP contribution in [0, 0.1) is 0 Å². The Hall–Kier alpha value is -0.250. The fraction of sp³-hybridized carbons (Fsp3) is 0.333. The standard InChI is InChI=1S/C9H8BrClO2/c10-5-1-2-6(11)9-8(5)7(12)3-4-13-9/h1-2,7,12H,3-4H2/t7-/m0/s1. The van der Waals surface area contributed by atoms with Crippen molar-refractivity contribution in [2.45, 2.75) is 12.5 Å². The van der Waals surface area contributed by atoms with Gasteiger partial charge in [-0.3, -0.25) is 0 Å². The molecule has 0 unspecified atom stereocenters. The van der Waals surface area contributed by atoms with Crippen LogP contribution >= 0.6 is 27.5 Å². The maximum Gasteiger partial charge on any atom is 0.144 e. The van der Waals surface area contributed by atoms with Gasteiger partial charge < -0.3 is 9.84 Å². The van der Waals surface area contributed by atoms with Crippen LogP contribution in [0.2, 0.25) is 5.02 Å². The summed E-state index contributed by atoms with van der Waals surface area (Å²) in [5.41, 5.74) is 0.763. The fourth-order valence-electron chi connectivity index (χ4n) is 1.42. The van der Waals surface area contributed by atoms with E-state index in [2.05, 4.69) is 15.9 Å². The van der Waals surface area contributed by atoms with Gasteiger partial charge >= 0.3 is 0 Å². The van der Waals surface area contributed by atoms with Crippen molar-refractivity contribution in [3.8, 4) is 5.75 Å². The maximum atomic E-state index is 9.70. The lowest BCUT2D eigenvalue weighted by atomic mass is 10.0. The van der Waals surface area contributed by atoms with Gasteiger partial charge in [-0.05, 0) is 12.1 Å². The van der Waals surface area contributed by atoms with E-state index in [9.17, 15) is 5.11 Å². The monoisotopic (exact) mass is 262 g/mol. The summed E-state index contributed by atoms with van der Waals surface area (Å²) in [6.45, 7) is 0.518. The molecule has 1 N–H and O–H groups in total. The average molecular weight is 264 g/mol. The number of aliphatic hydroxyl groups is 1. The molecule has 1 aliphatic rings. The van der Waals surface area contributed by atoms with E-state index in [1.54, 1.807) is 6.07 Å². The summed E-state index contributed by atoms with van der Waals surface area (Å²) < 4.78 is 6.23. The maximum absolute atomic E-state index is 9.70. The van der Waals surface area contributed by atoms with Crippen LogP contribution in [0.3, 0.4) is 0 Å². The van der Waals surface area contributed by atoms with E-state index in [1.807, 2.05) is 6.07 Å². The predicted octanol–water partition coefficient (Wildman–Crippen LogP) is 2.92. The Labute approximate surface area is 89.6 Å². The molecule has 0 saturated carbocycles. The molecule has 13 heavy (non-hydrogen) atoms. The van der Waals surface area contributed by atoms with Crippen LogP contribution in [0.4, 0.5) is 0 Å². The van der Waals surface area contributed by atoms with Crippen molar-refractivity contribution in [2.75, 3.05) is 6.61 Å². The van der Waals surface area contributed by atoms with Gasteiger partial charge in [0.05, 0.1) is 17.7 Å². The molecule has 0 aromatic heterocycles. The van der Waals surface area contributed by atoms with Crippen molar-refractivity contribution in [1.29, 1.82) is 0 Å². The first-order valence-corrected chi connectivity index (χ1v) is 5.16. The number of rotatable bonds is 0. The Bertz CT molecular complexity index is 341. The number of ether oxygens (including phenoxy) is 1. The summed E-state index contributed by atoms with van der Waals surface area (Å²) in [5, 5.41) is 10.3. The molecule has 0 radical (unpaired) electrons. The van der Waals surface area contributed by atoms with Gasteiger partial charge in [0.15, 0.2) is 0 Å². The van der Waals surface area contributed by atoms with Crippen LogP contribution in [-0.4, -0.2) is 11.7 Å². The minimum Gasteiger partial charge on any atom is -0.491 e. The summed E-state index contributed by atoms with van der Waals surface area (Å²) in [4.78, 5) is 0. The van der Waals surface area contributed by atoms with Gasteiger partial charge in [-0.2, -0.15) is 0 Å². The van der Waals surface area contributed by atoms with E-state index in [1.165, 1.54) is 0 Å². The zero-order valence-corrected chi connectivity index (χ0v) is 9.10. The third kappa shape index (κ3) is 1.56. The highest BCUT2D eigenvalue weighted by molar-refractivity contribution is 9.10. The number of hydrogen-bond acceptors (Lipinski definition) is 2. The average Bonchev–Trinajstić information content (AvgIpc) is 2.12. The molecule has 0 amide bonds. The molecule has 1 aromatic rings. The molecule has 1 heterocycles. The van der Waals surface area contributed by atoms with Gasteiger partial charge in [-0.25, -0.2) is 0 Å². The quantitative estimate of drug-likeness (QED) is 0.780. The SMILES string of the molecule is O[C@H]1CCOc2c(Cl)ccc(Br)c21. The van der Waals surface area contributed by atoms with Crippen LogP contribution < -0.4 is 4.74 Å². The molecular weight excluding hydrogens is 255 g/mol. The highest BCUT2D eigenvalue weighted by atomic mass is 79.9. The zero-order valence-electron chi connectivity index (χ0n) is 6.76. The first-order chi connectivity index (χ1) is 6.20. The van der Waals surface area contributed by atoms with Gasteiger partial charge in [-0.15, -0.1) is 0 Å². The summed E-state index contributed by atoms with van der Waals surface area (Å²) in [5.74, 6) is 0.606. The number of halogens is 2. The Kier molecular flexibility index (Phi) is 2.49. The van der Waals surface area contributed by atoms with E-state index >= 15 is 0 Å². The highest BCUT2D eigenvalue weighted by Gasteiger charge is 2.23. The second-order valence-electron chi connectivity index (χ2n) is 2.92. The summed E-state index contributed by atoms with van der Waals surface area (Å²) in [6, 6.07) is 3.57. The summed E-state index contributed by atoms with van der Waals surface area (Å²) in [7, 11) is 0. The van der Waals surface area contributed by atoms with Gasteiger partial charge in [0.1, 0.15) is 5.75 Å². The molecule has 70 valence electrons. The molecule has 2 rings (SSSR count). The van der Waals surface area contributed by atoms with Crippen molar-refractivity contribution in [2.24, 2.45) is 0 Å². The molecule has 0 fully saturated rings. The molecule has 1 atom stereocenters. The number of hydrogen-bond donors (Lipinski definition) is 1. The lowest BCUT2D eigenvalue weighted by molar-refractivity contribution is 0.114. The first kappa shape index (κ1) is 9.31. The summed E-state index contributed by atoms with van der Waals surface area (Å²) >= 11 is 9.28. The van der Waals surface area contributed by atoms with E-state index in [-0.39, 0.29) is 0 Å². The largest absolute Gasteiger partial charge is 0.491 e. The van der Waals surface area contributed by atoms with Crippen molar-refractivity contribution in [3.05, 3.63) is 27.2 Å². The van der Waals surface area contributed by atoms with Crippen LogP contribution in [0.25, 0.3) is 0 Å². The van der Waals surface area contributed by atoms with Gasteiger partial charge in [0, 0.05) is 16.5 Å². The van der Waals surface area contributed by atoms with Gasteiger partial charge in [0.25, 0.3) is 0 Å². The molecular formula is C9H8BrClO2. The molecule has 0 saturated heterocycles. The van der Waals surface area contributed by atoms with Crippen LogP contribution in [-0.2, 0) is 0 Å². The Morgan fingerprint density at radius 2 is 2.31 bits per heavy atom. The number of aliphatic hydroxyl groups excluding tert-OH is 1. The highest BCUT2D eigenvalue weighted by Crippen LogP contribution is 2.41. The fourth-order valence-corrected chi connectivity index (χ4v) is 2.22. The minimum atomic E-state index is -0.475. The van der Waals surface area contributed by atoms with E-state index < -0.39 is 6.10 Å². The van der Waals surface area contributed by atoms with Crippen LogP contribution in [0.1, 0.15) is 18.1 Å². The van der Waals surface area contributed by atoms with Crippen molar-refractivity contribution >= 4 is 27.5 Å². The predicted molar refractivity (Wildman–Crippen MR) is 54.2 cm³/mol. The van der Waals surface area contributed by atoms with Crippen molar-refractivity contribution < 1.29 is 9.84 Å². The molecule has 0 aliphatic carbocycles. The van der Waals surface area contributed by atoms with E-state index in [0.29, 0.717) is 23.8 Å². The Morgan fingerprint density at radius 3 is 3.00 bits per heavy atom. The lowest BCUT2D eigenvalue weighted by Gasteiger charge is -2.23. The third-order valence-electron chi connectivity index (χ3n) is 2.07. The molecule has 4 heteroatoms. The van der Waals surface area contributed by atoms with Crippen LogP contribution in [0.15, 0.2) is 16.6 Å². The first-order valence-electron chi connectivity index (χ1n) is 3.99. The number of fused-ring (bicyclic) bond motifs is 1. The Morgan fingerprint density at radius 1 is 1.54 bits per heavy atom. The molecule has 0 bridgehead atoms. The van der Waals surface area contributed by atoms with Gasteiger partial charge in [-0.1, -0.05) is 27.5 Å². The molecule has 1 aromatic carbocycles. The summed E-state index contributed by atoms with van der Waals surface area (Å²) in [6.07, 6.45) is 0.142. The zero-order chi connectivity index (χ0) is 9.42. The molecule has 2 nitrogen and oxygen atoms in total. The Balaban J connectivity index is 2.60. The molecule has 1 aliphatic heterocycles. The second kappa shape index (κ2) is 3.48. The smallest absolute Gasteiger partial charge is 0.144 e. The van der Waals surface area contributed by atoms with Crippen molar-refractivity contribution in [3.63, 3.8) is 0 Å². The van der Waals surface area contributed by atoms with Crippen LogP contribution in [0.5, 0.6) is 5.75 Å². The van der Waals surface area contributed by atoms with E-state index in [4.69, 9.17) is 16.3 Å². The molecule has 0 spiro atoms.